The van der Waals surface area contributed by atoms with Gasteiger partial charge in [0, 0.05) is 31.2 Å². The normalized spacial score (nSPS) is 10.9. The summed E-state index contributed by atoms with van der Waals surface area (Å²) < 4.78 is 1.76. The second kappa shape index (κ2) is 5.16. The van der Waals surface area contributed by atoms with Crippen LogP contribution in [0.1, 0.15) is 13.3 Å². The van der Waals surface area contributed by atoms with Crippen LogP contribution < -0.4 is 4.90 Å². The van der Waals surface area contributed by atoms with Gasteiger partial charge in [0.25, 0.3) is 0 Å². The van der Waals surface area contributed by atoms with Crippen molar-refractivity contribution >= 4 is 23.1 Å². The van der Waals surface area contributed by atoms with Gasteiger partial charge in [-0.05, 0) is 12.5 Å². The first-order valence-corrected chi connectivity index (χ1v) is 6.00. The molecule has 2 rings (SSSR count). The maximum Gasteiger partial charge on any atom is 0.157 e. The Morgan fingerprint density at radius 3 is 3.00 bits per heavy atom. The highest BCUT2D eigenvalue weighted by Crippen LogP contribution is 2.12. The van der Waals surface area contributed by atoms with E-state index in [4.69, 9.17) is 11.6 Å². The van der Waals surface area contributed by atoms with E-state index >= 15 is 0 Å². The predicted molar refractivity (Wildman–Crippen MR) is 66.2 cm³/mol. The molecule has 0 fully saturated rings. The number of anilines is 1. The molecule has 0 saturated carbocycles. The summed E-state index contributed by atoms with van der Waals surface area (Å²) in [6, 6.07) is 3.87. The fourth-order valence-corrected chi connectivity index (χ4v) is 1.90. The molecule has 0 amide bonds. The van der Waals surface area contributed by atoms with Crippen molar-refractivity contribution in [1.82, 2.24) is 14.6 Å². The number of alkyl halides is 1. The van der Waals surface area contributed by atoms with Crippen LogP contribution in [0.5, 0.6) is 0 Å². The smallest absolute Gasteiger partial charge is 0.157 e. The van der Waals surface area contributed by atoms with Gasteiger partial charge in [-0.25, -0.2) is 9.50 Å². The monoisotopic (exact) mass is 238 g/mol. The lowest BCUT2D eigenvalue weighted by atomic mass is 10.4. The van der Waals surface area contributed by atoms with Crippen molar-refractivity contribution in [2.75, 3.05) is 23.9 Å². The van der Waals surface area contributed by atoms with E-state index in [-0.39, 0.29) is 0 Å². The van der Waals surface area contributed by atoms with E-state index in [1.54, 1.807) is 10.7 Å². The number of nitrogens with zero attached hydrogens (tertiary/aromatic N) is 4. The first-order valence-electron chi connectivity index (χ1n) is 5.46. The van der Waals surface area contributed by atoms with Crippen LogP contribution in [0.25, 0.3) is 5.65 Å². The largest absolute Gasteiger partial charge is 0.355 e. The van der Waals surface area contributed by atoms with Gasteiger partial charge in [0.1, 0.15) is 5.82 Å². The van der Waals surface area contributed by atoms with Gasteiger partial charge >= 0.3 is 0 Å². The third kappa shape index (κ3) is 2.27. The van der Waals surface area contributed by atoms with Crippen molar-refractivity contribution in [1.29, 1.82) is 0 Å². The molecule has 0 N–H and O–H groups in total. The standard InChI is InChI=1S/C11H15ClN4/c1-2-7-15(9-5-12)10-4-8-16-11(14-10)3-6-13-16/h3-4,6,8H,2,5,7,9H2,1H3. The molecule has 86 valence electrons. The summed E-state index contributed by atoms with van der Waals surface area (Å²) in [6.07, 6.45) is 4.76. The Balaban J connectivity index is 2.28. The summed E-state index contributed by atoms with van der Waals surface area (Å²) in [5.74, 6) is 1.59. The van der Waals surface area contributed by atoms with Crippen LogP contribution in [0, 0.1) is 0 Å². The van der Waals surface area contributed by atoms with Gasteiger partial charge in [0.05, 0.1) is 6.20 Å². The number of hydrogen-bond acceptors (Lipinski definition) is 3. The minimum Gasteiger partial charge on any atom is -0.355 e. The molecule has 0 atom stereocenters. The minimum atomic E-state index is 0.617. The van der Waals surface area contributed by atoms with Crippen molar-refractivity contribution in [3.8, 4) is 0 Å². The Kier molecular flexibility index (Phi) is 3.62. The average Bonchev–Trinajstić information content (AvgIpc) is 2.75. The van der Waals surface area contributed by atoms with Crippen molar-refractivity contribution in [3.05, 3.63) is 24.5 Å². The first-order chi connectivity index (χ1) is 7.85. The van der Waals surface area contributed by atoms with Gasteiger partial charge < -0.3 is 4.90 Å². The van der Waals surface area contributed by atoms with Crippen LogP contribution in [0.15, 0.2) is 24.5 Å². The summed E-state index contributed by atoms with van der Waals surface area (Å²) in [4.78, 5) is 6.73. The van der Waals surface area contributed by atoms with Gasteiger partial charge in [-0.3, -0.25) is 0 Å². The summed E-state index contributed by atoms with van der Waals surface area (Å²) in [5.41, 5.74) is 0.869. The van der Waals surface area contributed by atoms with Gasteiger partial charge in [-0.1, -0.05) is 6.92 Å². The lowest BCUT2D eigenvalue weighted by Crippen LogP contribution is -2.27. The topological polar surface area (TPSA) is 33.4 Å². The number of halogens is 1. The Labute approximate surface area is 99.8 Å². The second-order valence-corrected chi connectivity index (χ2v) is 3.97. The molecular weight excluding hydrogens is 224 g/mol. The quantitative estimate of drug-likeness (QED) is 0.749. The molecule has 0 aliphatic rings. The summed E-state index contributed by atoms with van der Waals surface area (Å²) >= 11 is 5.79. The lowest BCUT2D eigenvalue weighted by molar-refractivity contribution is 0.778. The molecule has 0 unspecified atom stereocenters. The third-order valence-electron chi connectivity index (χ3n) is 2.42. The SMILES string of the molecule is CCCN(CCCl)c1ccn2nccc2n1. The zero-order valence-corrected chi connectivity index (χ0v) is 10.1. The zero-order valence-electron chi connectivity index (χ0n) is 9.30. The molecule has 5 heteroatoms. The van der Waals surface area contributed by atoms with Crippen LogP contribution in [0.2, 0.25) is 0 Å². The van der Waals surface area contributed by atoms with Crippen LogP contribution in [-0.4, -0.2) is 33.6 Å². The molecule has 0 aliphatic heterocycles. The van der Waals surface area contributed by atoms with Crippen LogP contribution in [-0.2, 0) is 0 Å². The molecule has 2 aromatic rings. The molecule has 2 aromatic heterocycles. The van der Waals surface area contributed by atoms with Crippen molar-refractivity contribution < 1.29 is 0 Å². The first kappa shape index (κ1) is 11.2. The second-order valence-electron chi connectivity index (χ2n) is 3.60. The zero-order chi connectivity index (χ0) is 11.4. The molecule has 0 radical (unpaired) electrons. The highest BCUT2D eigenvalue weighted by Gasteiger charge is 2.07. The van der Waals surface area contributed by atoms with E-state index in [1.807, 2.05) is 18.3 Å². The Bertz CT molecular complexity index is 448. The minimum absolute atomic E-state index is 0.617. The molecule has 2 heterocycles. The predicted octanol–water partition coefficient (Wildman–Crippen LogP) is 2.18. The highest BCUT2D eigenvalue weighted by molar-refractivity contribution is 6.18. The van der Waals surface area contributed by atoms with E-state index < -0.39 is 0 Å². The average molecular weight is 239 g/mol. The Morgan fingerprint density at radius 1 is 1.38 bits per heavy atom. The van der Waals surface area contributed by atoms with Gasteiger partial charge in [0.2, 0.25) is 0 Å². The summed E-state index contributed by atoms with van der Waals surface area (Å²) in [6.45, 7) is 3.95. The van der Waals surface area contributed by atoms with E-state index in [1.165, 1.54) is 0 Å². The highest BCUT2D eigenvalue weighted by atomic mass is 35.5. The van der Waals surface area contributed by atoms with Crippen LogP contribution in [0.4, 0.5) is 5.82 Å². The number of rotatable bonds is 5. The third-order valence-corrected chi connectivity index (χ3v) is 2.58. The number of fused-ring (bicyclic) bond motifs is 1. The molecule has 16 heavy (non-hydrogen) atoms. The maximum absolute atomic E-state index is 5.79. The van der Waals surface area contributed by atoms with Crippen LogP contribution in [0.3, 0.4) is 0 Å². The van der Waals surface area contributed by atoms with Crippen molar-refractivity contribution in [2.24, 2.45) is 0 Å². The van der Waals surface area contributed by atoms with E-state index in [9.17, 15) is 0 Å². The van der Waals surface area contributed by atoms with Crippen LogP contribution >= 0.6 is 11.6 Å². The lowest BCUT2D eigenvalue weighted by Gasteiger charge is -2.21. The number of hydrogen-bond donors (Lipinski definition) is 0. The van der Waals surface area contributed by atoms with Gasteiger partial charge in [-0.15, -0.1) is 11.6 Å². The fourth-order valence-electron chi connectivity index (χ4n) is 1.69. The molecule has 0 aliphatic carbocycles. The van der Waals surface area contributed by atoms with Crippen molar-refractivity contribution in [3.63, 3.8) is 0 Å². The molecule has 0 spiro atoms. The molecule has 0 saturated heterocycles. The molecule has 4 nitrogen and oxygen atoms in total. The van der Waals surface area contributed by atoms with Gasteiger partial charge in [0.15, 0.2) is 5.65 Å². The van der Waals surface area contributed by atoms with E-state index in [0.717, 1.165) is 31.0 Å². The fraction of sp³-hybridized carbons (Fsp3) is 0.455. The Morgan fingerprint density at radius 2 is 2.25 bits per heavy atom. The number of aromatic nitrogens is 3. The summed E-state index contributed by atoms with van der Waals surface area (Å²) in [7, 11) is 0. The molecule has 0 aromatic carbocycles. The van der Waals surface area contributed by atoms with E-state index in [2.05, 4.69) is 21.9 Å². The van der Waals surface area contributed by atoms with Gasteiger partial charge in [-0.2, -0.15) is 5.10 Å². The molecule has 0 bridgehead atoms. The molecular formula is C11H15ClN4. The maximum atomic E-state index is 5.79. The Hall–Kier alpha value is -1.29. The van der Waals surface area contributed by atoms with Crippen molar-refractivity contribution in [2.45, 2.75) is 13.3 Å². The summed E-state index contributed by atoms with van der Waals surface area (Å²) in [5, 5.41) is 4.12. The van der Waals surface area contributed by atoms with E-state index in [0.29, 0.717) is 5.88 Å².